The van der Waals surface area contributed by atoms with Crippen molar-refractivity contribution in [1.82, 2.24) is 4.57 Å². The van der Waals surface area contributed by atoms with Crippen molar-refractivity contribution in [2.75, 3.05) is 0 Å². The maximum absolute atomic E-state index is 13.5. The first kappa shape index (κ1) is 19.3. The van der Waals surface area contributed by atoms with Gasteiger partial charge in [0.2, 0.25) is 12.2 Å². The summed E-state index contributed by atoms with van der Waals surface area (Å²) in [5, 5.41) is 0. The lowest BCUT2D eigenvalue weighted by atomic mass is 10.3. The van der Waals surface area contributed by atoms with E-state index < -0.39 is 36.3 Å². The molecule has 1 atom stereocenters. The van der Waals surface area contributed by atoms with Gasteiger partial charge in [-0.3, -0.25) is 4.74 Å². The first-order chi connectivity index (χ1) is 10.2. The first-order valence-corrected chi connectivity index (χ1v) is 5.43. The topological polar surface area (TPSA) is 18.0 Å². The lowest BCUT2D eigenvalue weighted by Crippen LogP contribution is -2.49. The summed E-state index contributed by atoms with van der Waals surface area (Å²) in [4.78, 5) is 0. The van der Waals surface area contributed by atoms with Crippen LogP contribution in [-0.4, -0.2) is 23.0 Å². The molecule has 1 rings (SSSR count). The molecule has 0 aliphatic rings. The maximum atomic E-state index is 13.5. The molecular formula is C10H7F10N2O+. The van der Waals surface area contributed by atoms with Gasteiger partial charge in [0.1, 0.15) is 12.4 Å². The van der Waals surface area contributed by atoms with E-state index in [1.54, 1.807) is 0 Å². The highest BCUT2D eigenvalue weighted by atomic mass is 19.3. The van der Waals surface area contributed by atoms with Gasteiger partial charge in [-0.05, 0) is 0 Å². The van der Waals surface area contributed by atoms with Gasteiger partial charge in [-0.15, -0.1) is 0 Å². The van der Waals surface area contributed by atoms with Crippen LogP contribution in [0.1, 0.15) is 0 Å². The van der Waals surface area contributed by atoms with Gasteiger partial charge < -0.3 is 0 Å². The second-order valence-corrected chi connectivity index (χ2v) is 4.17. The Morgan fingerprint density at radius 1 is 1.09 bits per heavy atom. The predicted octanol–water partition coefficient (Wildman–Crippen LogP) is 3.48. The lowest BCUT2D eigenvalue weighted by molar-refractivity contribution is -0.671. The molecule has 0 aliphatic carbocycles. The zero-order chi connectivity index (χ0) is 18.2. The third-order valence-electron chi connectivity index (χ3n) is 2.44. The number of imidazole rings is 1. The van der Waals surface area contributed by atoms with Gasteiger partial charge in [-0.1, -0.05) is 0 Å². The maximum Gasteiger partial charge on any atom is 0.454 e. The molecule has 132 valence electrons. The van der Waals surface area contributed by atoms with Crippen molar-refractivity contribution in [3.8, 4) is 0 Å². The van der Waals surface area contributed by atoms with E-state index in [-0.39, 0.29) is 4.57 Å². The van der Waals surface area contributed by atoms with Crippen LogP contribution in [0.25, 0.3) is 0 Å². The number of aromatic nitrogens is 2. The molecule has 3 nitrogen and oxygen atoms in total. The van der Waals surface area contributed by atoms with Crippen LogP contribution in [0.3, 0.4) is 0 Å². The van der Waals surface area contributed by atoms with E-state index in [1.807, 2.05) is 0 Å². The Labute approximate surface area is 121 Å². The second-order valence-electron chi connectivity index (χ2n) is 4.17. The Hall–Kier alpha value is -1.79. The first-order valence-electron chi connectivity index (χ1n) is 5.43. The summed E-state index contributed by atoms with van der Waals surface area (Å²) in [6.45, 7) is 0. The van der Waals surface area contributed by atoms with Gasteiger partial charge in [0.05, 0.1) is 7.05 Å². The summed E-state index contributed by atoms with van der Waals surface area (Å²) in [6, 6.07) is -4.91. The Kier molecular flexibility index (Phi) is 5.04. The van der Waals surface area contributed by atoms with E-state index in [2.05, 4.69) is 4.74 Å². The Bertz CT molecular complexity index is 592. The van der Waals surface area contributed by atoms with Crippen LogP contribution in [0.15, 0.2) is 30.6 Å². The zero-order valence-electron chi connectivity index (χ0n) is 10.9. The zero-order valence-corrected chi connectivity index (χ0v) is 10.9. The molecule has 0 amide bonds. The van der Waals surface area contributed by atoms with Gasteiger partial charge >= 0.3 is 30.5 Å². The van der Waals surface area contributed by atoms with Crippen LogP contribution in [0, 0.1) is 0 Å². The molecule has 0 radical (unpaired) electrons. The summed E-state index contributed by atoms with van der Waals surface area (Å²) in [6.07, 6.45) is -12.6. The van der Waals surface area contributed by atoms with Gasteiger partial charge in [0.25, 0.3) is 0 Å². The Morgan fingerprint density at radius 3 is 2.00 bits per heavy atom. The summed E-state index contributed by atoms with van der Waals surface area (Å²) < 4.78 is 131. The normalized spacial score (nSPS) is 14.7. The molecule has 0 saturated carbocycles. The summed E-state index contributed by atoms with van der Waals surface area (Å²) in [5.74, 6) is -10.3. The van der Waals surface area contributed by atoms with Crippen LogP contribution in [0.5, 0.6) is 0 Å². The molecule has 0 bridgehead atoms. The standard InChI is InChI=1S/C10H7F10N2O/c1-21-2-3-22(4-21)9(17,18)7(14)23-10(19,20)8(15,16)5(11)6(12)13/h2-4,7H,1H3/q+1. The van der Waals surface area contributed by atoms with Crippen LogP contribution in [0.2, 0.25) is 0 Å². The fourth-order valence-corrected chi connectivity index (χ4v) is 1.27. The molecule has 0 fully saturated rings. The largest absolute Gasteiger partial charge is 0.454 e. The molecule has 13 heteroatoms. The van der Waals surface area contributed by atoms with Crippen molar-refractivity contribution >= 4 is 0 Å². The van der Waals surface area contributed by atoms with Gasteiger partial charge in [0.15, 0.2) is 0 Å². The van der Waals surface area contributed by atoms with Crippen molar-refractivity contribution in [3.05, 3.63) is 30.6 Å². The molecule has 1 unspecified atom stereocenters. The molecule has 0 aromatic carbocycles. The Balaban J connectivity index is 3.07. The molecule has 1 aromatic heterocycles. The average Bonchev–Trinajstić information content (AvgIpc) is 2.84. The number of halogens is 10. The van der Waals surface area contributed by atoms with E-state index in [0.717, 1.165) is 10.8 Å². The Morgan fingerprint density at radius 2 is 1.61 bits per heavy atom. The highest BCUT2D eigenvalue weighted by Crippen LogP contribution is 2.45. The van der Waals surface area contributed by atoms with Crippen molar-refractivity contribution in [1.29, 1.82) is 0 Å². The number of aryl methyl sites for hydroxylation is 1. The monoisotopic (exact) mass is 361 g/mol. The minimum atomic E-state index is -6.35. The molecule has 23 heavy (non-hydrogen) atoms. The van der Waals surface area contributed by atoms with Gasteiger partial charge in [-0.2, -0.15) is 44.1 Å². The van der Waals surface area contributed by atoms with Crippen molar-refractivity contribution in [2.24, 2.45) is 7.05 Å². The van der Waals surface area contributed by atoms with E-state index in [0.29, 0.717) is 12.5 Å². The van der Waals surface area contributed by atoms with E-state index in [1.165, 1.54) is 7.05 Å². The molecule has 0 saturated heterocycles. The molecule has 0 spiro atoms. The molecule has 1 aromatic rings. The highest BCUT2D eigenvalue weighted by Gasteiger charge is 2.67. The molecule has 0 N–H and O–H groups in total. The summed E-state index contributed by atoms with van der Waals surface area (Å²) in [5.41, 5.74) is 0. The lowest BCUT2D eigenvalue weighted by Gasteiger charge is -2.27. The third-order valence-corrected chi connectivity index (χ3v) is 2.44. The van der Waals surface area contributed by atoms with Gasteiger partial charge in [0, 0.05) is 0 Å². The van der Waals surface area contributed by atoms with Crippen LogP contribution in [0.4, 0.5) is 43.9 Å². The van der Waals surface area contributed by atoms with E-state index in [4.69, 9.17) is 0 Å². The van der Waals surface area contributed by atoms with Crippen molar-refractivity contribution in [2.45, 2.75) is 24.4 Å². The smallest absolute Gasteiger partial charge is 0.270 e. The summed E-state index contributed by atoms with van der Waals surface area (Å²) in [7, 11) is 1.19. The van der Waals surface area contributed by atoms with E-state index >= 15 is 0 Å². The van der Waals surface area contributed by atoms with E-state index in [9.17, 15) is 43.9 Å². The summed E-state index contributed by atoms with van der Waals surface area (Å²) >= 11 is 0. The second kappa shape index (κ2) is 6.02. The highest BCUT2D eigenvalue weighted by molar-refractivity contribution is 5.08. The number of hydrogen-bond donors (Lipinski definition) is 0. The fraction of sp³-hybridized carbons (Fsp3) is 0.500. The minimum Gasteiger partial charge on any atom is -0.270 e. The van der Waals surface area contributed by atoms with Crippen molar-refractivity contribution in [3.63, 3.8) is 0 Å². The number of nitrogens with zero attached hydrogens (tertiary/aromatic N) is 2. The molecule has 1 heterocycles. The van der Waals surface area contributed by atoms with Crippen LogP contribution in [-0.2, 0) is 17.8 Å². The third kappa shape index (κ3) is 3.59. The number of rotatable bonds is 6. The predicted molar refractivity (Wildman–Crippen MR) is 52.0 cm³/mol. The van der Waals surface area contributed by atoms with Gasteiger partial charge in [-0.25, -0.2) is 8.96 Å². The van der Waals surface area contributed by atoms with Crippen molar-refractivity contribution < 1.29 is 53.2 Å². The average molecular weight is 361 g/mol. The fourth-order valence-electron chi connectivity index (χ4n) is 1.27. The van der Waals surface area contributed by atoms with Crippen LogP contribution >= 0.6 is 0 Å². The minimum absolute atomic E-state index is 0.298. The molecular weight excluding hydrogens is 354 g/mol. The molecule has 0 aliphatic heterocycles. The number of alkyl halides is 7. The SMILES string of the molecule is C[n+]1ccn(C(F)(F)C(F)OC(F)(F)C(F)(F)C(F)=C(F)F)c1. The quantitative estimate of drug-likeness (QED) is 0.561. The van der Waals surface area contributed by atoms with Crippen LogP contribution < -0.4 is 4.57 Å². The number of hydrogen-bond acceptors (Lipinski definition) is 1. The number of ether oxygens (including phenoxy) is 1.